The maximum atomic E-state index is 12.8. The molecule has 0 amide bonds. The Labute approximate surface area is 206 Å². The smallest absolute Gasteiger partial charge is 0.278 e. The van der Waals surface area contributed by atoms with Crippen LogP contribution in [0.1, 0.15) is 42.6 Å². The Kier molecular flexibility index (Phi) is 8.62. The van der Waals surface area contributed by atoms with Crippen LogP contribution in [0, 0.1) is 0 Å². The van der Waals surface area contributed by atoms with Crippen LogP contribution in [0.2, 0.25) is 0 Å². The van der Waals surface area contributed by atoms with Crippen LogP contribution in [0.5, 0.6) is 11.8 Å². The highest BCUT2D eigenvalue weighted by Crippen LogP contribution is 2.25. The van der Waals surface area contributed by atoms with Gasteiger partial charge in [-0.15, -0.1) is 0 Å². The van der Waals surface area contributed by atoms with Crippen molar-refractivity contribution in [2.24, 2.45) is 0 Å². The number of carbonyl (C=O) groups is 1. The highest BCUT2D eigenvalue weighted by atomic mass is 16.5. The monoisotopic (exact) mass is 475 g/mol. The van der Waals surface area contributed by atoms with E-state index in [1.54, 1.807) is 24.8 Å². The van der Waals surface area contributed by atoms with Gasteiger partial charge in [0.15, 0.2) is 5.78 Å². The molecule has 0 aliphatic carbocycles. The maximum Gasteiger partial charge on any atom is 0.278 e. The first-order valence-corrected chi connectivity index (χ1v) is 12.3. The molecule has 1 aromatic carbocycles. The number of Topliss-reactive ketones (excluding diaryl/α,β-unsaturated/α-hetero) is 1. The molecule has 1 aliphatic rings. The fourth-order valence-electron chi connectivity index (χ4n) is 4.21. The number of anilines is 1. The summed E-state index contributed by atoms with van der Waals surface area (Å²) in [4.78, 5) is 30.0. The van der Waals surface area contributed by atoms with E-state index < -0.39 is 0 Å². The third-order valence-corrected chi connectivity index (χ3v) is 6.23. The van der Waals surface area contributed by atoms with Crippen molar-refractivity contribution >= 4 is 11.5 Å². The van der Waals surface area contributed by atoms with Crippen LogP contribution < -0.4 is 14.4 Å². The Morgan fingerprint density at radius 1 is 1.00 bits per heavy atom. The lowest BCUT2D eigenvalue weighted by Crippen LogP contribution is -2.41. The summed E-state index contributed by atoms with van der Waals surface area (Å²) in [6, 6.07) is 11.8. The SMILES string of the molecule is CCN(CC)c1ccc(C(=O)CN2CCC(Oc3nccnc3OCc3cccnc3)CC2)cc1. The lowest BCUT2D eigenvalue weighted by molar-refractivity contribution is 0.0760. The van der Waals surface area contributed by atoms with Crippen molar-refractivity contribution in [1.82, 2.24) is 19.9 Å². The highest BCUT2D eigenvalue weighted by molar-refractivity contribution is 5.97. The maximum absolute atomic E-state index is 12.8. The molecule has 0 N–H and O–H groups in total. The molecule has 2 aromatic heterocycles. The van der Waals surface area contributed by atoms with Gasteiger partial charge in [0.05, 0.1) is 6.54 Å². The van der Waals surface area contributed by atoms with E-state index in [4.69, 9.17) is 9.47 Å². The molecule has 0 radical (unpaired) electrons. The molecular formula is C27H33N5O3. The summed E-state index contributed by atoms with van der Waals surface area (Å²) in [6.07, 6.45) is 8.31. The lowest BCUT2D eigenvalue weighted by atomic mass is 10.1. The number of likely N-dealkylation sites (tertiary alicyclic amines) is 1. The average Bonchev–Trinajstić information content (AvgIpc) is 2.91. The van der Waals surface area contributed by atoms with Gasteiger partial charge >= 0.3 is 0 Å². The molecule has 184 valence electrons. The van der Waals surface area contributed by atoms with Crippen molar-refractivity contribution in [3.8, 4) is 11.8 Å². The summed E-state index contributed by atoms with van der Waals surface area (Å²) in [7, 11) is 0. The zero-order chi connectivity index (χ0) is 24.5. The van der Waals surface area contributed by atoms with Crippen molar-refractivity contribution in [1.29, 1.82) is 0 Å². The van der Waals surface area contributed by atoms with E-state index in [1.165, 1.54) is 0 Å². The third-order valence-electron chi connectivity index (χ3n) is 6.23. The number of hydrogen-bond acceptors (Lipinski definition) is 8. The van der Waals surface area contributed by atoms with Crippen molar-refractivity contribution in [2.45, 2.75) is 39.4 Å². The molecule has 1 fully saturated rings. The Balaban J connectivity index is 1.26. The number of hydrogen-bond donors (Lipinski definition) is 0. The molecule has 0 saturated carbocycles. The summed E-state index contributed by atoms with van der Waals surface area (Å²) in [6.45, 7) is 8.52. The van der Waals surface area contributed by atoms with Crippen LogP contribution >= 0.6 is 0 Å². The van der Waals surface area contributed by atoms with Gasteiger partial charge in [-0.1, -0.05) is 6.07 Å². The first-order valence-electron chi connectivity index (χ1n) is 12.3. The molecule has 35 heavy (non-hydrogen) atoms. The van der Waals surface area contributed by atoms with Gasteiger partial charge in [-0.3, -0.25) is 14.7 Å². The Hall–Kier alpha value is -3.52. The van der Waals surface area contributed by atoms with Crippen LogP contribution in [0.4, 0.5) is 5.69 Å². The van der Waals surface area contributed by atoms with Gasteiger partial charge < -0.3 is 14.4 Å². The number of ketones is 1. The van der Waals surface area contributed by atoms with Gasteiger partial charge in [0.1, 0.15) is 12.7 Å². The van der Waals surface area contributed by atoms with Crippen LogP contribution in [0.3, 0.4) is 0 Å². The first-order chi connectivity index (χ1) is 17.2. The summed E-state index contributed by atoms with van der Waals surface area (Å²) < 4.78 is 12.0. The molecular weight excluding hydrogens is 442 g/mol. The largest absolute Gasteiger partial charge is 0.470 e. The van der Waals surface area contributed by atoms with Gasteiger partial charge in [0, 0.05) is 67.8 Å². The van der Waals surface area contributed by atoms with E-state index in [1.807, 2.05) is 36.4 Å². The second-order valence-corrected chi connectivity index (χ2v) is 8.55. The first kappa shape index (κ1) is 24.6. The summed E-state index contributed by atoms with van der Waals surface area (Å²) in [5.41, 5.74) is 2.86. The number of pyridine rings is 1. The number of ether oxygens (including phenoxy) is 2. The number of piperidine rings is 1. The molecule has 8 heteroatoms. The minimum Gasteiger partial charge on any atom is -0.470 e. The quantitative estimate of drug-likeness (QED) is 0.385. The molecule has 0 spiro atoms. The second kappa shape index (κ2) is 12.3. The highest BCUT2D eigenvalue weighted by Gasteiger charge is 2.24. The van der Waals surface area contributed by atoms with E-state index in [0.717, 1.165) is 55.8 Å². The van der Waals surface area contributed by atoms with Crippen molar-refractivity contribution < 1.29 is 14.3 Å². The third kappa shape index (κ3) is 6.76. The van der Waals surface area contributed by atoms with Gasteiger partial charge in [-0.25, -0.2) is 9.97 Å². The number of rotatable bonds is 11. The normalized spacial score (nSPS) is 14.5. The summed E-state index contributed by atoms with van der Waals surface area (Å²) >= 11 is 0. The lowest BCUT2D eigenvalue weighted by Gasteiger charge is -2.31. The molecule has 8 nitrogen and oxygen atoms in total. The minimum atomic E-state index is 0.00662. The fraction of sp³-hybridized carbons (Fsp3) is 0.407. The molecule has 4 rings (SSSR count). The van der Waals surface area contributed by atoms with E-state index in [0.29, 0.717) is 24.9 Å². The van der Waals surface area contributed by atoms with Gasteiger partial charge in [0.25, 0.3) is 11.8 Å². The Morgan fingerprint density at radius 2 is 1.71 bits per heavy atom. The van der Waals surface area contributed by atoms with E-state index in [9.17, 15) is 4.79 Å². The molecule has 0 unspecified atom stereocenters. The minimum absolute atomic E-state index is 0.00662. The summed E-state index contributed by atoms with van der Waals surface area (Å²) in [5, 5.41) is 0. The topological polar surface area (TPSA) is 80.7 Å². The second-order valence-electron chi connectivity index (χ2n) is 8.55. The Bertz CT molecular complexity index is 1070. The van der Waals surface area contributed by atoms with Crippen LogP contribution in [0.15, 0.2) is 61.2 Å². The van der Waals surface area contributed by atoms with Gasteiger partial charge in [0.2, 0.25) is 0 Å². The molecule has 0 atom stereocenters. The number of carbonyl (C=O) groups excluding carboxylic acids is 1. The van der Waals surface area contributed by atoms with Crippen LogP contribution in [0.25, 0.3) is 0 Å². The standard InChI is InChI=1S/C27H33N5O3/c1-3-32(4-2)23-9-7-22(8-10-23)25(33)19-31-16-11-24(12-17-31)35-27-26(29-14-15-30-27)34-20-21-6-5-13-28-18-21/h5-10,13-15,18,24H,3-4,11-12,16-17,19-20H2,1-2H3. The van der Waals surface area contributed by atoms with Crippen LogP contribution in [-0.4, -0.2) is 64.5 Å². The molecule has 3 heterocycles. The van der Waals surface area contributed by atoms with E-state index in [2.05, 4.69) is 38.6 Å². The number of nitrogens with zero attached hydrogens (tertiary/aromatic N) is 5. The van der Waals surface area contributed by atoms with Gasteiger partial charge in [-0.2, -0.15) is 0 Å². The predicted molar refractivity (Wildman–Crippen MR) is 135 cm³/mol. The number of aromatic nitrogens is 3. The van der Waals surface area contributed by atoms with Crippen LogP contribution in [-0.2, 0) is 6.61 Å². The van der Waals surface area contributed by atoms with Gasteiger partial charge in [-0.05, 0) is 57.0 Å². The van der Waals surface area contributed by atoms with Crippen molar-refractivity contribution in [3.63, 3.8) is 0 Å². The molecule has 1 saturated heterocycles. The molecule has 0 bridgehead atoms. The van der Waals surface area contributed by atoms with Crippen molar-refractivity contribution in [3.05, 3.63) is 72.3 Å². The Morgan fingerprint density at radius 3 is 2.37 bits per heavy atom. The molecule has 3 aromatic rings. The zero-order valence-electron chi connectivity index (χ0n) is 20.5. The average molecular weight is 476 g/mol. The van der Waals surface area contributed by atoms with E-state index >= 15 is 0 Å². The molecule has 1 aliphatic heterocycles. The van der Waals surface area contributed by atoms with E-state index in [-0.39, 0.29) is 11.9 Å². The zero-order valence-corrected chi connectivity index (χ0v) is 20.5. The number of benzene rings is 1. The van der Waals surface area contributed by atoms with Crippen molar-refractivity contribution in [2.75, 3.05) is 37.6 Å². The predicted octanol–water partition coefficient (Wildman–Crippen LogP) is 4.02. The fourth-order valence-corrected chi connectivity index (χ4v) is 4.21. The summed E-state index contributed by atoms with van der Waals surface area (Å²) in [5.74, 6) is 0.928.